The Bertz CT molecular complexity index is 863. The van der Waals surface area contributed by atoms with Crippen LogP contribution in [0.3, 0.4) is 0 Å². The van der Waals surface area contributed by atoms with Crippen molar-refractivity contribution in [2.45, 2.75) is 6.54 Å². The van der Waals surface area contributed by atoms with Crippen LogP contribution in [-0.2, 0) is 6.54 Å². The van der Waals surface area contributed by atoms with Crippen LogP contribution in [0.25, 0.3) is 0 Å². The highest BCUT2D eigenvalue weighted by atomic mass is 19.2. The highest BCUT2D eigenvalue weighted by Crippen LogP contribution is 2.26. The third kappa shape index (κ3) is 2.46. The Morgan fingerprint density at radius 2 is 1.65 bits per heavy atom. The number of aromatic carboxylic acids is 1. The van der Waals surface area contributed by atoms with E-state index >= 15 is 0 Å². The highest BCUT2D eigenvalue weighted by molar-refractivity contribution is 6.21. The van der Waals surface area contributed by atoms with Crippen LogP contribution < -0.4 is 0 Å². The van der Waals surface area contributed by atoms with E-state index < -0.39 is 29.4 Å². The van der Waals surface area contributed by atoms with Gasteiger partial charge in [0.1, 0.15) is 0 Å². The molecule has 0 saturated carbocycles. The topological polar surface area (TPSA) is 74.7 Å². The fraction of sp³-hybridized carbons (Fsp3) is 0.0625. The summed E-state index contributed by atoms with van der Waals surface area (Å²) in [7, 11) is 0. The SMILES string of the molecule is O=C(O)c1ccc2c(c1)C(=O)N(Cc1ccc(F)c(F)c1)C2=O. The summed E-state index contributed by atoms with van der Waals surface area (Å²) in [5.41, 5.74) is 0.205. The molecule has 0 aromatic heterocycles. The van der Waals surface area contributed by atoms with Crippen LogP contribution in [0.15, 0.2) is 36.4 Å². The average Bonchev–Trinajstić information content (AvgIpc) is 2.75. The number of hydrogen-bond acceptors (Lipinski definition) is 3. The van der Waals surface area contributed by atoms with Gasteiger partial charge in [0.2, 0.25) is 0 Å². The largest absolute Gasteiger partial charge is 0.478 e. The highest BCUT2D eigenvalue weighted by Gasteiger charge is 2.36. The lowest BCUT2D eigenvalue weighted by molar-refractivity contribution is 0.0640. The molecule has 1 aliphatic heterocycles. The number of amides is 2. The van der Waals surface area contributed by atoms with Gasteiger partial charge in [0.25, 0.3) is 11.8 Å². The fourth-order valence-corrected chi connectivity index (χ4v) is 2.39. The molecular weight excluding hydrogens is 308 g/mol. The Labute approximate surface area is 128 Å². The van der Waals surface area contributed by atoms with E-state index in [1.807, 2.05) is 0 Å². The molecule has 116 valence electrons. The van der Waals surface area contributed by atoms with Gasteiger partial charge in [-0.05, 0) is 35.9 Å². The second kappa shape index (κ2) is 5.28. The number of carboxylic acids is 1. The van der Waals surface area contributed by atoms with Gasteiger partial charge in [0.05, 0.1) is 23.2 Å². The summed E-state index contributed by atoms with van der Waals surface area (Å²) in [5.74, 6) is -4.59. The third-order valence-corrected chi connectivity index (χ3v) is 3.54. The van der Waals surface area contributed by atoms with E-state index in [4.69, 9.17) is 5.11 Å². The number of hydrogen-bond donors (Lipinski definition) is 1. The van der Waals surface area contributed by atoms with Crippen LogP contribution in [0, 0.1) is 11.6 Å². The number of benzene rings is 2. The third-order valence-electron chi connectivity index (χ3n) is 3.54. The maximum atomic E-state index is 13.2. The summed E-state index contributed by atoms with van der Waals surface area (Å²) >= 11 is 0. The van der Waals surface area contributed by atoms with Crippen LogP contribution in [0.4, 0.5) is 8.78 Å². The number of imide groups is 1. The molecule has 2 aromatic rings. The number of carbonyl (C=O) groups is 3. The summed E-state index contributed by atoms with van der Waals surface area (Å²) in [6.45, 7) is -0.230. The smallest absolute Gasteiger partial charge is 0.335 e. The van der Waals surface area contributed by atoms with Crippen LogP contribution in [0.1, 0.15) is 36.6 Å². The van der Waals surface area contributed by atoms with E-state index in [0.29, 0.717) is 0 Å². The quantitative estimate of drug-likeness (QED) is 0.883. The van der Waals surface area contributed by atoms with Gasteiger partial charge in [-0.15, -0.1) is 0 Å². The molecule has 1 aliphatic rings. The Balaban J connectivity index is 1.93. The molecule has 2 aromatic carbocycles. The van der Waals surface area contributed by atoms with Crippen molar-refractivity contribution in [3.05, 3.63) is 70.3 Å². The lowest BCUT2D eigenvalue weighted by Gasteiger charge is -2.13. The molecule has 0 aliphatic carbocycles. The minimum absolute atomic E-state index is 0.0162. The minimum Gasteiger partial charge on any atom is -0.478 e. The Hall–Kier alpha value is -3.09. The Kier molecular flexibility index (Phi) is 3.40. The van der Waals surface area contributed by atoms with Gasteiger partial charge in [-0.2, -0.15) is 0 Å². The van der Waals surface area contributed by atoms with Crippen molar-refractivity contribution in [1.29, 1.82) is 0 Å². The molecule has 23 heavy (non-hydrogen) atoms. The van der Waals surface area contributed by atoms with Crippen molar-refractivity contribution in [1.82, 2.24) is 4.90 Å². The number of carboxylic acid groups (broad SMARTS) is 1. The first-order valence-corrected chi connectivity index (χ1v) is 6.56. The first-order valence-electron chi connectivity index (χ1n) is 6.56. The van der Waals surface area contributed by atoms with E-state index in [1.165, 1.54) is 18.2 Å². The zero-order chi connectivity index (χ0) is 16.7. The van der Waals surface area contributed by atoms with Crippen LogP contribution in [0.2, 0.25) is 0 Å². The number of rotatable bonds is 3. The average molecular weight is 317 g/mol. The Morgan fingerprint density at radius 3 is 2.30 bits per heavy atom. The van der Waals surface area contributed by atoms with E-state index in [0.717, 1.165) is 23.1 Å². The molecule has 0 saturated heterocycles. The summed E-state index contributed by atoms with van der Waals surface area (Å²) in [6, 6.07) is 6.71. The molecule has 0 radical (unpaired) electrons. The summed E-state index contributed by atoms with van der Waals surface area (Å²) < 4.78 is 26.1. The minimum atomic E-state index is -1.22. The molecule has 5 nitrogen and oxygen atoms in total. The van der Waals surface area contributed by atoms with Crippen LogP contribution >= 0.6 is 0 Å². The molecule has 0 fully saturated rings. The zero-order valence-corrected chi connectivity index (χ0v) is 11.5. The van der Waals surface area contributed by atoms with Gasteiger partial charge in [0, 0.05) is 0 Å². The molecule has 1 heterocycles. The first-order chi connectivity index (χ1) is 10.9. The predicted molar refractivity (Wildman–Crippen MR) is 74.0 cm³/mol. The van der Waals surface area contributed by atoms with Crippen LogP contribution in [-0.4, -0.2) is 27.8 Å². The van der Waals surface area contributed by atoms with Gasteiger partial charge in [0.15, 0.2) is 11.6 Å². The Morgan fingerprint density at radius 1 is 0.957 bits per heavy atom. The molecule has 1 N–H and O–H groups in total. The summed E-state index contributed by atoms with van der Waals surface area (Å²) in [4.78, 5) is 36.3. The number of fused-ring (bicyclic) bond motifs is 1. The number of carbonyl (C=O) groups excluding carboxylic acids is 2. The van der Waals surface area contributed by atoms with E-state index in [9.17, 15) is 23.2 Å². The van der Waals surface area contributed by atoms with E-state index in [2.05, 4.69) is 0 Å². The second-order valence-electron chi connectivity index (χ2n) is 5.01. The molecule has 0 unspecified atom stereocenters. The van der Waals surface area contributed by atoms with Crippen molar-refractivity contribution in [3.63, 3.8) is 0 Å². The molecule has 0 bridgehead atoms. The number of halogens is 2. The maximum Gasteiger partial charge on any atom is 0.335 e. The van der Waals surface area contributed by atoms with Crippen molar-refractivity contribution in [2.24, 2.45) is 0 Å². The second-order valence-corrected chi connectivity index (χ2v) is 5.01. The standard InChI is InChI=1S/C16H9F2NO4/c17-12-4-1-8(5-13(12)18)7-19-14(20)10-3-2-9(16(22)23)6-11(10)15(19)21/h1-6H,7H2,(H,22,23). The van der Waals surface area contributed by atoms with Crippen molar-refractivity contribution < 1.29 is 28.3 Å². The van der Waals surface area contributed by atoms with Crippen LogP contribution in [0.5, 0.6) is 0 Å². The maximum absolute atomic E-state index is 13.2. The van der Waals surface area contributed by atoms with Crippen molar-refractivity contribution >= 4 is 17.8 Å². The zero-order valence-electron chi connectivity index (χ0n) is 11.5. The molecule has 2 amide bonds. The first kappa shape index (κ1) is 14.8. The molecule has 0 spiro atoms. The van der Waals surface area contributed by atoms with Gasteiger partial charge in [-0.25, -0.2) is 13.6 Å². The molecule has 0 atom stereocenters. The molecule has 7 heteroatoms. The van der Waals surface area contributed by atoms with Crippen molar-refractivity contribution in [3.8, 4) is 0 Å². The van der Waals surface area contributed by atoms with Gasteiger partial charge in [-0.1, -0.05) is 6.07 Å². The number of nitrogens with zero attached hydrogens (tertiary/aromatic N) is 1. The van der Waals surface area contributed by atoms with E-state index in [1.54, 1.807) is 0 Å². The van der Waals surface area contributed by atoms with Gasteiger partial charge in [-0.3, -0.25) is 14.5 Å². The normalized spacial score (nSPS) is 13.4. The summed E-state index contributed by atoms with van der Waals surface area (Å²) in [6.07, 6.45) is 0. The lowest BCUT2D eigenvalue weighted by atomic mass is 10.1. The fourth-order valence-electron chi connectivity index (χ4n) is 2.39. The predicted octanol–water partition coefficient (Wildman–Crippen LogP) is 2.46. The van der Waals surface area contributed by atoms with Crippen molar-refractivity contribution in [2.75, 3.05) is 0 Å². The monoisotopic (exact) mass is 317 g/mol. The molecule has 3 rings (SSSR count). The van der Waals surface area contributed by atoms with Gasteiger partial charge >= 0.3 is 5.97 Å². The lowest BCUT2D eigenvalue weighted by Crippen LogP contribution is -2.29. The van der Waals surface area contributed by atoms with E-state index in [-0.39, 0.29) is 28.8 Å². The summed E-state index contributed by atoms with van der Waals surface area (Å²) in [5, 5.41) is 8.94. The van der Waals surface area contributed by atoms with Gasteiger partial charge < -0.3 is 5.11 Å². The molecular formula is C16H9F2NO4.